The van der Waals surface area contributed by atoms with E-state index in [1.165, 1.54) is 4.31 Å². The second-order valence-electron chi connectivity index (χ2n) is 6.37. The molecule has 0 fully saturated rings. The second kappa shape index (κ2) is 11.4. The summed E-state index contributed by atoms with van der Waals surface area (Å²) in [5.41, 5.74) is 0.804. The molecule has 0 aliphatic heterocycles. The van der Waals surface area contributed by atoms with Crippen LogP contribution in [0.1, 0.15) is 19.4 Å². The van der Waals surface area contributed by atoms with Crippen LogP contribution < -0.4 is 20.1 Å². The number of benzene rings is 2. The van der Waals surface area contributed by atoms with Crippen molar-refractivity contribution in [3.05, 3.63) is 54.1 Å². The third kappa shape index (κ3) is 6.64. The molecule has 30 heavy (non-hydrogen) atoms. The molecule has 2 amide bonds. The van der Waals surface area contributed by atoms with E-state index in [-0.39, 0.29) is 17.5 Å². The maximum absolute atomic E-state index is 12.5. The molecule has 8 nitrogen and oxygen atoms in total. The quantitative estimate of drug-likeness (QED) is 0.529. The van der Waals surface area contributed by atoms with Crippen molar-refractivity contribution in [2.45, 2.75) is 25.3 Å². The number of hydrogen-bond acceptors (Lipinski definition) is 5. The van der Waals surface area contributed by atoms with Gasteiger partial charge in [-0.3, -0.25) is 0 Å². The van der Waals surface area contributed by atoms with E-state index in [1.54, 1.807) is 69.5 Å². The molecular weight excluding hydrogens is 406 g/mol. The SMILES string of the molecule is CCN(CC)S(=O)(=O)c1ccc(CNC(=O)NCCOc2ccc(OC)cc2)cc1. The predicted octanol–water partition coefficient (Wildman–Crippen LogP) is 2.60. The molecule has 2 N–H and O–H groups in total. The standard InChI is InChI=1S/C21H29N3O5S/c1-4-24(5-2)30(26,27)20-12-6-17(7-13-20)16-23-21(25)22-14-15-29-19-10-8-18(28-3)9-11-19/h6-13H,4-5,14-16H2,1-3H3,(H2,22,23,25). The van der Waals surface area contributed by atoms with Gasteiger partial charge in [-0.2, -0.15) is 4.31 Å². The largest absolute Gasteiger partial charge is 0.497 e. The fraction of sp³-hybridized carbons (Fsp3) is 0.381. The van der Waals surface area contributed by atoms with Crippen molar-refractivity contribution in [3.63, 3.8) is 0 Å². The summed E-state index contributed by atoms with van der Waals surface area (Å²) in [7, 11) is -1.88. The zero-order chi connectivity index (χ0) is 22.0. The van der Waals surface area contributed by atoms with Gasteiger partial charge in [0.1, 0.15) is 18.1 Å². The molecule has 0 aliphatic rings. The lowest BCUT2D eigenvalue weighted by molar-refractivity contribution is 0.236. The van der Waals surface area contributed by atoms with Crippen molar-refractivity contribution in [2.75, 3.05) is 33.4 Å². The minimum atomic E-state index is -3.48. The monoisotopic (exact) mass is 435 g/mol. The number of hydrogen-bond donors (Lipinski definition) is 2. The first kappa shape index (κ1) is 23.5. The molecule has 0 unspecified atom stereocenters. The molecule has 0 atom stereocenters. The Labute approximate surface area is 178 Å². The van der Waals surface area contributed by atoms with Crippen LogP contribution >= 0.6 is 0 Å². The van der Waals surface area contributed by atoms with Crippen LogP contribution in [0, 0.1) is 0 Å². The number of carbonyl (C=O) groups is 1. The topological polar surface area (TPSA) is 97.0 Å². The summed E-state index contributed by atoms with van der Waals surface area (Å²) in [6.45, 7) is 5.42. The van der Waals surface area contributed by atoms with Crippen LogP contribution in [0.15, 0.2) is 53.4 Å². The molecule has 164 valence electrons. The fourth-order valence-electron chi connectivity index (χ4n) is 2.74. The lowest BCUT2D eigenvalue weighted by Gasteiger charge is -2.18. The lowest BCUT2D eigenvalue weighted by Crippen LogP contribution is -2.37. The highest BCUT2D eigenvalue weighted by molar-refractivity contribution is 7.89. The van der Waals surface area contributed by atoms with Gasteiger partial charge in [-0.15, -0.1) is 0 Å². The molecule has 0 spiro atoms. The van der Waals surface area contributed by atoms with Gasteiger partial charge in [0.05, 0.1) is 18.6 Å². The first-order chi connectivity index (χ1) is 14.4. The van der Waals surface area contributed by atoms with Crippen LogP contribution in [0.4, 0.5) is 4.79 Å². The number of amides is 2. The Morgan fingerprint density at radius 1 is 0.933 bits per heavy atom. The van der Waals surface area contributed by atoms with Crippen LogP contribution in [-0.4, -0.2) is 52.1 Å². The van der Waals surface area contributed by atoms with Crippen LogP contribution in [-0.2, 0) is 16.6 Å². The molecule has 9 heteroatoms. The summed E-state index contributed by atoms with van der Waals surface area (Å²) in [5, 5.41) is 5.44. The van der Waals surface area contributed by atoms with E-state index in [0.29, 0.717) is 32.0 Å². The first-order valence-electron chi connectivity index (χ1n) is 9.78. The molecule has 0 aromatic heterocycles. The van der Waals surface area contributed by atoms with Crippen molar-refractivity contribution < 1.29 is 22.7 Å². The highest BCUT2D eigenvalue weighted by atomic mass is 32.2. The maximum Gasteiger partial charge on any atom is 0.315 e. The highest BCUT2D eigenvalue weighted by Crippen LogP contribution is 2.17. The Morgan fingerprint density at radius 3 is 2.10 bits per heavy atom. The second-order valence-corrected chi connectivity index (χ2v) is 8.30. The van der Waals surface area contributed by atoms with Gasteiger partial charge in [0.25, 0.3) is 0 Å². The van der Waals surface area contributed by atoms with Gasteiger partial charge in [-0.05, 0) is 42.0 Å². The van der Waals surface area contributed by atoms with Gasteiger partial charge in [0.2, 0.25) is 10.0 Å². The number of urea groups is 1. The Bertz CT molecular complexity index is 895. The third-order valence-electron chi connectivity index (χ3n) is 4.44. The molecule has 0 aliphatic carbocycles. The highest BCUT2D eigenvalue weighted by Gasteiger charge is 2.21. The van der Waals surface area contributed by atoms with E-state index in [4.69, 9.17) is 9.47 Å². The van der Waals surface area contributed by atoms with Gasteiger partial charge in [-0.25, -0.2) is 13.2 Å². The number of methoxy groups -OCH3 is 1. The van der Waals surface area contributed by atoms with E-state index in [1.807, 2.05) is 0 Å². The van der Waals surface area contributed by atoms with Crippen molar-refractivity contribution in [1.29, 1.82) is 0 Å². The molecule has 2 aromatic carbocycles. The zero-order valence-corrected chi connectivity index (χ0v) is 18.4. The molecule has 2 rings (SSSR count). The Kier molecular flexibility index (Phi) is 8.94. The lowest BCUT2D eigenvalue weighted by atomic mass is 10.2. The van der Waals surface area contributed by atoms with Gasteiger partial charge < -0.3 is 20.1 Å². The molecule has 2 aromatic rings. The number of rotatable bonds is 11. The van der Waals surface area contributed by atoms with E-state index < -0.39 is 10.0 Å². The Balaban J connectivity index is 1.74. The third-order valence-corrected chi connectivity index (χ3v) is 6.50. The molecule has 0 saturated heterocycles. The predicted molar refractivity (Wildman–Crippen MR) is 115 cm³/mol. The summed E-state index contributed by atoms with van der Waals surface area (Å²) in [6, 6.07) is 13.4. The minimum absolute atomic E-state index is 0.245. The number of sulfonamides is 1. The average molecular weight is 436 g/mol. The van der Waals surface area contributed by atoms with Gasteiger partial charge in [0.15, 0.2) is 0 Å². The van der Waals surface area contributed by atoms with Gasteiger partial charge >= 0.3 is 6.03 Å². The van der Waals surface area contributed by atoms with Crippen LogP contribution in [0.25, 0.3) is 0 Å². The number of nitrogens with zero attached hydrogens (tertiary/aromatic N) is 1. The molecule has 0 heterocycles. The average Bonchev–Trinajstić information content (AvgIpc) is 2.76. The Morgan fingerprint density at radius 2 is 1.53 bits per heavy atom. The first-order valence-corrected chi connectivity index (χ1v) is 11.2. The van der Waals surface area contributed by atoms with E-state index in [0.717, 1.165) is 11.3 Å². The normalized spacial score (nSPS) is 11.2. The molecular formula is C21H29N3O5S. The van der Waals surface area contributed by atoms with Crippen molar-refractivity contribution in [2.24, 2.45) is 0 Å². The summed E-state index contributed by atoms with van der Waals surface area (Å²) >= 11 is 0. The summed E-state index contributed by atoms with van der Waals surface area (Å²) < 4.78 is 37.0. The molecule has 0 saturated carbocycles. The van der Waals surface area contributed by atoms with Gasteiger partial charge in [-0.1, -0.05) is 26.0 Å². The van der Waals surface area contributed by atoms with Crippen LogP contribution in [0.2, 0.25) is 0 Å². The molecule has 0 bridgehead atoms. The van der Waals surface area contributed by atoms with Crippen LogP contribution in [0.5, 0.6) is 11.5 Å². The summed E-state index contributed by atoms with van der Waals surface area (Å²) in [5.74, 6) is 1.44. The van der Waals surface area contributed by atoms with Crippen LogP contribution in [0.3, 0.4) is 0 Å². The molecule has 0 radical (unpaired) electrons. The number of carbonyl (C=O) groups excluding carboxylic acids is 1. The zero-order valence-electron chi connectivity index (χ0n) is 17.6. The van der Waals surface area contributed by atoms with Crippen molar-refractivity contribution in [1.82, 2.24) is 14.9 Å². The minimum Gasteiger partial charge on any atom is -0.497 e. The maximum atomic E-state index is 12.5. The van der Waals surface area contributed by atoms with E-state index in [9.17, 15) is 13.2 Å². The van der Waals surface area contributed by atoms with E-state index in [2.05, 4.69) is 10.6 Å². The van der Waals surface area contributed by atoms with Gasteiger partial charge in [0, 0.05) is 19.6 Å². The van der Waals surface area contributed by atoms with Crippen molar-refractivity contribution >= 4 is 16.1 Å². The van der Waals surface area contributed by atoms with E-state index >= 15 is 0 Å². The summed E-state index contributed by atoms with van der Waals surface area (Å²) in [4.78, 5) is 12.2. The number of nitrogens with one attached hydrogen (secondary N) is 2. The van der Waals surface area contributed by atoms with Crippen molar-refractivity contribution in [3.8, 4) is 11.5 Å². The summed E-state index contributed by atoms with van der Waals surface area (Å²) in [6.07, 6.45) is 0. The smallest absolute Gasteiger partial charge is 0.315 e. The Hall–Kier alpha value is -2.78. The fourth-order valence-corrected chi connectivity index (χ4v) is 4.20. The number of ether oxygens (including phenoxy) is 2.